The lowest BCUT2D eigenvalue weighted by Crippen LogP contribution is -2.32. The van der Waals surface area contributed by atoms with Crippen molar-refractivity contribution in [1.82, 2.24) is 5.32 Å². The van der Waals surface area contributed by atoms with Crippen molar-refractivity contribution in [1.29, 1.82) is 0 Å². The summed E-state index contributed by atoms with van der Waals surface area (Å²) in [7, 11) is 0. The number of aryl methyl sites for hydroxylation is 1. The molecule has 1 aromatic rings. The lowest BCUT2D eigenvalue weighted by atomic mass is 9.86. The van der Waals surface area contributed by atoms with Crippen molar-refractivity contribution in [2.75, 3.05) is 6.54 Å². The van der Waals surface area contributed by atoms with Crippen LogP contribution >= 0.6 is 11.3 Å². The zero-order valence-electron chi connectivity index (χ0n) is 13.6. The monoisotopic (exact) mass is 311 g/mol. The van der Waals surface area contributed by atoms with E-state index in [4.69, 9.17) is 10.9 Å². The fourth-order valence-corrected chi connectivity index (χ4v) is 3.29. The molecular weight excluding hydrogens is 282 g/mol. The van der Waals surface area contributed by atoms with E-state index < -0.39 is 0 Å². The van der Waals surface area contributed by atoms with E-state index >= 15 is 0 Å². The van der Waals surface area contributed by atoms with E-state index in [1.807, 2.05) is 25.2 Å². The SMILES string of the molecule is Cc1ccc(CC(C)NCCCCC(C)(C)/C(N)=N/O)s1. The van der Waals surface area contributed by atoms with Crippen LogP contribution in [0.2, 0.25) is 0 Å². The van der Waals surface area contributed by atoms with Gasteiger partial charge in [-0.3, -0.25) is 0 Å². The zero-order valence-corrected chi connectivity index (χ0v) is 14.5. The first-order valence-corrected chi connectivity index (χ1v) is 8.43. The van der Waals surface area contributed by atoms with E-state index in [0.29, 0.717) is 11.9 Å². The first kappa shape index (κ1) is 18.0. The molecule has 0 aliphatic carbocycles. The van der Waals surface area contributed by atoms with E-state index in [0.717, 1.165) is 32.2 Å². The van der Waals surface area contributed by atoms with Gasteiger partial charge in [-0.1, -0.05) is 25.4 Å². The van der Waals surface area contributed by atoms with Crippen molar-refractivity contribution in [2.45, 2.75) is 59.4 Å². The average molecular weight is 311 g/mol. The van der Waals surface area contributed by atoms with E-state index in [9.17, 15) is 0 Å². The standard InChI is InChI=1S/C16H29N3OS/c1-12(11-14-8-7-13(2)21-14)18-10-6-5-9-16(3,4)15(17)19-20/h7-8,12,18,20H,5-6,9-11H2,1-4H3,(H2,17,19). The number of thiophene rings is 1. The Hall–Kier alpha value is -1.07. The van der Waals surface area contributed by atoms with Crippen LogP contribution in [0.3, 0.4) is 0 Å². The molecule has 4 nitrogen and oxygen atoms in total. The molecule has 21 heavy (non-hydrogen) atoms. The summed E-state index contributed by atoms with van der Waals surface area (Å²) < 4.78 is 0. The smallest absolute Gasteiger partial charge is 0.144 e. The van der Waals surface area contributed by atoms with Gasteiger partial charge < -0.3 is 16.3 Å². The van der Waals surface area contributed by atoms with E-state index in [1.165, 1.54) is 9.75 Å². The minimum absolute atomic E-state index is 0.227. The van der Waals surface area contributed by atoms with Crippen molar-refractivity contribution in [3.05, 3.63) is 21.9 Å². The third-order valence-corrected chi connectivity index (χ3v) is 4.85. The lowest BCUT2D eigenvalue weighted by Gasteiger charge is -2.22. The molecule has 1 unspecified atom stereocenters. The van der Waals surface area contributed by atoms with Crippen molar-refractivity contribution in [3.8, 4) is 0 Å². The van der Waals surface area contributed by atoms with Gasteiger partial charge >= 0.3 is 0 Å². The maximum absolute atomic E-state index is 8.74. The van der Waals surface area contributed by atoms with Gasteiger partial charge in [-0.15, -0.1) is 11.3 Å². The Morgan fingerprint density at radius 2 is 2.14 bits per heavy atom. The average Bonchev–Trinajstić information content (AvgIpc) is 2.82. The van der Waals surface area contributed by atoms with E-state index in [1.54, 1.807) is 0 Å². The molecule has 0 amide bonds. The predicted octanol–water partition coefficient (Wildman–Crippen LogP) is 3.52. The second kappa shape index (κ2) is 8.39. The maximum Gasteiger partial charge on any atom is 0.144 e. The Labute approximate surface area is 132 Å². The quantitative estimate of drug-likeness (QED) is 0.215. The summed E-state index contributed by atoms with van der Waals surface area (Å²) in [6, 6.07) is 4.90. The van der Waals surface area contributed by atoms with Gasteiger partial charge in [0, 0.05) is 21.2 Å². The highest BCUT2D eigenvalue weighted by molar-refractivity contribution is 7.11. The van der Waals surface area contributed by atoms with E-state index in [2.05, 4.69) is 36.5 Å². The molecule has 0 saturated heterocycles. The number of hydrogen-bond acceptors (Lipinski definition) is 4. The molecule has 0 aromatic carbocycles. The van der Waals surface area contributed by atoms with Crippen LogP contribution in [0.15, 0.2) is 17.3 Å². The Morgan fingerprint density at radius 3 is 2.71 bits per heavy atom. The van der Waals surface area contributed by atoms with Gasteiger partial charge in [0.2, 0.25) is 0 Å². The van der Waals surface area contributed by atoms with Crippen molar-refractivity contribution in [3.63, 3.8) is 0 Å². The summed E-state index contributed by atoms with van der Waals surface area (Å²) in [6.07, 6.45) is 4.20. The van der Waals surface area contributed by atoms with Crippen LogP contribution in [0.25, 0.3) is 0 Å². The molecule has 0 fully saturated rings. The summed E-state index contributed by atoms with van der Waals surface area (Å²) in [5, 5.41) is 15.4. The predicted molar refractivity (Wildman–Crippen MR) is 91.3 cm³/mol. The summed E-state index contributed by atoms with van der Waals surface area (Å²) in [5.41, 5.74) is 5.46. The molecule has 0 radical (unpaired) electrons. The van der Waals surface area contributed by atoms with Gasteiger partial charge in [0.25, 0.3) is 0 Å². The highest BCUT2D eigenvalue weighted by atomic mass is 32.1. The second-order valence-corrected chi connectivity index (χ2v) is 7.77. The van der Waals surface area contributed by atoms with Gasteiger partial charge in [0.05, 0.1) is 0 Å². The molecule has 1 atom stereocenters. The Kier molecular flexibility index (Phi) is 7.18. The van der Waals surface area contributed by atoms with Crippen molar-refractivity contribution in [2.24, 2.45) is 16.3 Å². The first-order chi connectivity index (χ1) is 9.85. The molecule has 0 spiro atoms. The number of rotatable bonds is 9. The minimum atomic E-state index is -0.227. The lowest BCUT2D eigenvalue weighted by molar-refractivity contribution is 0.304. The third-order valence-electron chi connectivity index (χ3n) is 3.83. The summed E-state index contributed by atoms with van der Waals surface area (Å²) >= 11 is 1.88. The van der Waals surface area contributed by atoms with E-state index in [-0.39, 0.29) is 5.41 Å². The number of nitrogens with zero attached hydrogens (tertiary/aromatic N) is 1. The van der Waals surface area contributed by atoms with Gasteiger partial charge in [-0.25, -0.2) is 0 Å². The normalized spacial score (nSPS) is 14.4. The molecule has 5 heteroatoms. The number of amidine groups is 1. The molecule has 4 N–H and O–H groups in total. The van der Waals surface area contributed by atoms with Crippen molar-refractivity contribution >= 4 is 17.2 Å². The molecule has 1 rings (SSSR count). The molecule has 1 aromatic heterocycles. The number of nitrogens with two attached hydrogens (primary N) is 1. The number of unbranched alkanes of at least 4 members (excludes halogenated alkanes) is 1. The topological polar surface area (TPSA) is 70.6 Å². The van der Waals surface area contributed by atoms with Gasteiger partial charge in [-0.2, -0.15) is 0 Å². The highest BCUT2D eigenvalue weighted by Crippen LogP contribution is 2.23. The fourth-order valence-electron chi connectivity index (χ4n) is 2.27. The van der Waals surface area contributed by atoms with Crippen LogP contribution in [0.1, 0.15) is 49.8 Å². The molecule has 0 aliphatic rings. The van der Waals surface area contributed by atoms with Gasteiger partial charge in [0.1, 0.15) is 5.84 Å². The molecule has 0 aliphatic heterocycles. The van der Waals surface area contributed by atoms with Crippen LogP contribution < -0.4 is 11.1 Å². The third kappa shape index (κ3) is 6.48. The molecule has 0 bridgehead atoms. The van der Waals surface area contributed by atoms with Gasteiger partial charge in [0.15, 0.2) is 0 Å². The Balaban J connectivity index is 2.16. The Morgan fingerprint density at radius 1 is 1.43 bits per heavy atom. The minimum Gasteiger partial charge on any atom is -0.409 e. The number of nitrogens with one attached hydrogen (secondary N) is 1. The zero-order chi connectivity index (χ0) is 15.9. The molecule has 1 heterocycles. The maximum atomic E-state index is 8.74. The highest BCUT2D eigenvalue weighted by Gasteiger charge is 2.22. The summed E-state index contributed by atoms with van der Waals surface area (Å²) in [5.74, 6) is 0.317. The molecule has 120 valence electrons. The number of hydrogen-bond donors (Lipinski definition) is 3. The largest absolute Gasteiger partial charge is 0.409 e. The van der Waals surface area contributed by atoms with Crippen LogP contribution in [-0.4, -0.2) is 23.6 Å². The summed E-state index contributed by atoms with van der Waals surface area (Å²) in [4.78, 5) is 2.82. The molecule has 0 saturated carbocycles. The van der Waals surface area contributed by atoms with Crippen molar-refractivity contribution < 1.29 is 5.21 Å². The first-order valence-electron chi connectivity index (χ1n) is 7.62. The fraction of sp³-hybridized carbons (Fsp3) is 0.688. The Bertz CT molecular complexity index is 454. The van der Waals surface area contributed by atoms with Crippen LogP contribution in [0.4, 0.5) is 0 Å². The van der Waals surface area contributed by atoms with Crippen LogP contribution in [0.5, 0.6) is 0 Å². The number of oxime groups is 1. The van der Waals surface area contributed by atoms with Crippen LogP contribution in [-0.2, 0) is 6.42 Å². The van der Waals surface area contributed by atoms with Crippen LogP contribution in [0, 0.1) is 12.3 Å². The molecular formula is C16H29N3OS. The van der Waals surface area contributed by atoms with Gasteiger partial charge in [-0.05, 0) is 51.8 Å². The second-order valence-electron chi connectivity index (χ2n) is 6.40. The summed E-state index contributed by atoms with van der Waals surface area (Å²) in [6.45, 7) is 9.41.